The largest absolute Gasteiger partial charge is 0.309 e. The molecule has 5 heteroatoms. The molecule has 0 aliphatic carbocycles. The van der Waals surface area contributed by atoms with Crippen LogP contribution < -0.4 is 10.6 Å². The molecule has 1 atom stereocenters. The molecule has 1 fully saturated rings. The summed E-state index contributed by atoms with van der Waals surface area (Å²) in [6.07, 6.45) is 3.67. The van der Waals surface area contributed by atoms with Gasteiger partial charge in [0.25, 0.3) is 0 Å². The quantitative estimate of drug-likeness (QED) is 0.871. The lowest BCUT2D eigenvalue weighted by Gasteiger charge is -2.10. The molecule has 2 heterocycles. The van der Waals surface area contributed by atoms with Crippen molar-refractivity contribution in [2.24, 2.45) is 0 Å². The molecule has 0 unspecified atom stereocenters. The predicted octanol–water partition coefficient (Wildman–Crippen LogP) is 1.84. The number of nitrogens with one attached hydrogen (secondary N) is 2. The molecule has 2 rings (SSSR count). The maximum absolute atomic E-state index is 11.8. The highest BCUT2D eigenvalue weighted by Crippen LogP contribution is 2.17. The van der Waals surface area contributed by atoms with Crippen molar-refractivity contribution in [3.63, 3.8) is 0 Å². The van der Waals surface area contributed by atoms with Crippen molar-refractivity contribution in [2.75, 3.05) is 11.9 Å². The number of carbonyl (C=O) groups excluding carboxylic acids is 1. The molecular formula is C11H14BrN3O. The summed E-state index contributed by atoms with van der Waals surface area (Å²) in [5, 5.41) is 5.97. The third kappa shape index (κ3) is 2.59. The molecule has 1 aliphatic heterocycles. The number of amides is 1. The van der Waals surface area contributed by atoms with Crippen LogP contribution in [0.25, 0.3) is 0 Å². The molecule has 0 saturated carbocycles. The van der Waals surface area contributed by atoms with E-state index in [-0.39, 0.29) is 11.9 Å². The van der Waals surface area contributed by atoms with Crippen LogP contribution in [0.15, 0.2) is 16.7 Å². The zero-order chi connectivity index (χ0) is 11.5. The van der Waals surface area contributed by atoms with Gasteiger partial charge in [0.1, 0.15) is 5.82 Å². The van der Waals surface area contributed by atoms with E-state index >= 15 is 0 Å². The van der Waals surface area contributed by atoms with E-state index in [1.165, 1.54) is 0 Å². The summed E-state index contributed by atoms with van der Waals surface area (Å²) in [5.74, 6) is 0.617. The number of anilines is 1. The van der Waals surface area contributed by atoms with Gasteiger partial charge in [-0.3, -0.25) is 4.79 Å². The van der Waals surface area contributed by atoms with Crippen molar-refractivity contribution in [3.8, 4) is 0 Å². The third-order valence-corrected chi connectivity index (χ3v) is 3.51. The molecule has 4 nitrogen and oxygen atoms in total. The van der Waals surface area contributed by atoms with Crippen LogP contribution in [-0.2, 0) is 4.79 Å². The fraction of sp³-hybridized carbons (Fsp3) is 0.455. The highest BCUT2D eigenvalue weighted by molar-refractivity contribution is 9.10. The highest BCUT2D eigenvalue weighted by Gasteiger charge is 2.22. The predicted molar refractivity (Wildman–Crippen MR) is 66.3 cm³/mol. The van der Waals surface area contributed by atoms with Gasteiger partial charge >= 0.3 is 0 Å². The zero-order valence-electron chi connectivity index (χ0n) is 9.09. The summed E-state index contributed by atoms with van der Waals surface area (Å²) in [7, 11) is 0. The zero-order valence-corrected chi connectivity index (χ0v) is 10.7. The van der Waals surface area contributed by atoms with Gasteiger partial charge < -0.3 is 10.6 Å². The van der Waals surface area contributed by atoms with E-state index in [1.54, 1.807) is 6.20 Å². The number of aryl methyl sites for hydroxylation is 1. The number of nitrogens with zero attached hydrogens (tertiary/aromatic N) is 1. The summed E-state index contributed by atoms with van der Waals surface area (Å²) in [6, 6.07) is 1.79. The number of rotatable bonds is 2. The van der Waals surface area contributed by atoms with E-state index < -0.39 is 0 Å². The Labute approximate surface area is 103 Å². The molecular weight excluding hydrogens is 270 g/mol. The van der Waals surface area contributed by atoms with Gasteiger partial charge in [-0.05, 0) is 53.9 Å². The number of halogens is 1. The van der Waals surface area contributed by atoms with Gasteiger partial charge in [0.2, 0.25) is 5.91 Å². The van der Waals surface area contributed by atoms with Gasteiger partial charge in [0.05, 0.1) is 6.04 Å². The Morgan fingerprint density at radius 2 is 2.50 bits per heavy atom. The first-order valence-corrected chi connectivity index (χ1v) is 6.12. The minimum absolute atomic E-state index is 0.00622. The maximum Gasteiger partial charge on any atom is 0.242 e. The van der Waals surface area contributed by atoms with E-state index in [0.29, 0.717) is 5.82 Å². The van der Waals surface area contributed by atoms with Crippen LogP contribution in [0.4, 0.5) is 5.82 Å². The Bertz CT molecular complexity index is 402. The van der Waals surface area contributed by atoms with Crippen LogP contribution in [0.3, 0.4) is 0 Å². The SMILES string of the molecule is Cc1cc(NC(=O)[C@H]2CCCN2)ncc1Br. The minimum Gasteiger partial charge on any atom is -0.309 e. The van der Waals surface area contributed by atoms with Crippen molar-refractivity contribution in [1.29, 1.82) is 0 Å². The summed E-state index contributed by atoms with van der Waals surface area (Å²) in [4.78, 5) is 15.9. The van der Waals surface area contributed by atoms with Crippen LogP contribution in [-0.4, -0.2) is 23.5 Å². The Morgan fingerprint density at radius 3 is 3.12 bits per heavy atom. The highest BCUT2D eigenvalue weighted by atomic mass is 79.9. The van der Waals surface area contributed by atoms with Crippen molar-refractivity contribution in [3.05, 3.63) is 22.3 Å². The first-order valence-electron chi connectivity index (χ1n) is 5.33. The maximum atomic E-state index is 11.8. The lowest BCUT2D eigenvalue weighted by molar-refractivity contribution is -0.117. The average Bonchev–Trinajstić information content (AvgIpc) is 2.77. The number of pyridine rings is 1. The van der Waals surface area contributed by atoms with E-state index in [1.807, 2.05) is 13.0 Å². The Hall–Kier alpha value is -0.940. The van der Waals surface area contributed by atoms with Gasteiger partial charge in [0, 0.05) is 10.7 Å². The molecule has 0 radical (unpaired) electrons. The smallest absolute Gasteiger partial charge is 0.242 e. The van der Waals surface area contributed by atoms with E-state index in [0.717, 1.165) is 29.4 Å². The number of hydrogen-bond donors (Lipinski definition) is 2. The molecule has 1 amide bonds. The second-order valence-corrected chi connectivity index (χ2v) is 4.81. The molecule has 1 aliphatic rings. The van der Waals surface area contributed by atoms with Crippen LogP contribution in [0, 0.1) is 6.92 Å². The van der Waals surface area contributed by atoms with E-state index in [2.05, 4.69) is 31.5 Å². The Balaban J connectivity index is 2.02. The molecule has 0 bridgehead atoms. The van der Waals surface area contributed by atoms with Crippen molar-refractivity contribution >= 4 is 27.7 Å². The van der Waals surface area contributed by atoms with Crippen LogP contribution in [0.5, 0.6) is 0 Å². The second-order valence-electron chi connectivity index (χ2n) is 3.96. The minimum atomic E-state index is -0.0641. The van der Waals surface area contributed by atoms with Gasteiger partial charge in [-0.25, -0.2) is 4.98 Å². The Morgan fingerprint density at radius 1 is 1.69 bits per heavy atom. The van der Waals surface area contributed by atoms with Crippen molar-refractivity contribution < 1.29 is 4.79 Å². The average molecular weight is 284 g/mol. The fourth-order valence-corrected chi connectivity index (χ4v) is 1.95. The van der Waals surface area contributed by atoms with Crippen LogP contribution in [0.1, 0.15) is 18.4 Å². The lowest BCUT2D eigenvalue weighted by Crippen LogP contribution is -2.35. The summed E-state index contributed by atoms with van der Waals surface area (Å²) in [6.45, 7) is 2.89. The second kappa shape index (κ2) is 4.93. The van der Waals surface area contributed by atoms with E-state index in [4.69, 9.17) is 0 Å². The van der Waals surface area contributed by atoms with Crippen molar-refractivity contribution in [2.45, 2.75) is 25.8 Å². The van der Waals surface area contributed by atoms with Gasteiger partial charge in [0.15, 0.2) is 0 Å². The van der Waals surface area contributed by atoms with Crippen LogP contribution >= 0.6 is 15.9 Å². The fourth-order valence-electron chi connectivity index (χ4n) is 1.73. The first-order chi connectivity index (χ1) is 7.66. The number of carbonyl (C=O) groups is 1. The van der Waals surface area contributed by atoms with Gasteiger partial charge in [-0.2, -0.15) is 0 Å². The van der Waals surface area contributed by atoms with Gasteiger partial charge in [-0.15, -0.1) is 0 Å². The normalized spacial score (nSPS) is 19.8. The molecule has 1 aromatic rings. The standard InChI is InChI=1S/C11H14BrN3O/c1-7-5-10(14-6-8(7)12)15-11(16)9-3-2-4-13-9/h5-6,9,13H,2-4H2,1H3,(H,14,15,16)/t9-/m1/s1. The first kappa shape index (κ1) is 11.5. The third-order valence-electron chi connectivity index (χ3n) is 2.67. The molecule has 2 N–H and O–H groups in total. The molecule has 16 heavy (non-hydrogen) atoms. The topological polar surface area (TPSA) is 54.0 Å². The van der Waals surface area contributed by atoms with Crippen molar-refractivity contribution in [1.82, 2.24) is 10.3 Å². The molecule has 1 aromatic heterocycles. The summed E-state index contributed by atoms with van der Waals surface area (Å²) < 4.78 is 0.949. The van der Waals surface area contributed by atoms with Crippen LogP contribution in [0.2, 0.25) is 0 Å². The number of aromatic nitrogens is 1. The molecule has 86 valence electrons. The molecule has 0 aromatic carbocycles. The summed E-state index contributed by atoms with van der Waals surface area (Å²) in [5.41, 5.74) is 1.06. The lowest BCUT2D eigenvalue weighted by atomic mass is 10.2. The molecule has 0 spiro atoms. The summed E-state index contributed by atoms with van der Waals surface area (Å²) >= 11 is 3.37. The monoisotopic (exact) mass is 283 g/mol. The van der Waals surface area contributed by atoms with Gasteiger partial charge in [-0.1, -0.05) is 0 Å². The Kier molecular flexibility index (Phi) is 3.56. The number of hydrogen-bond acceptors (Lipinski definition) is 3. The van der Waals surface area contributed by atoms with E-state index in [9.17, 15) is 4.79 Å². The molecule has 1 saturated heterocycles.